The van der Waals surface area contributed by atoms with E-state index in [1.807, 2.05) is 24.9 Å². The lowest BCUT2D eigenvalue weighted by molar-refractivity contribution is 0.0659. The number of piperidine rings is 1. The Morgan fingerprint density at radius 3 is 2.71 bits per heavy atom. The van der Waals surface area contributed by atoms with Gasteiger partial charge in [0.1, 0.15) is 5.82 Å². The van der Waals surface area contributed by atoms with Crippen LogP contribution in [-0.2, 0) is 6.42 Å². The van der Waals surface area contributed by atoms with Crippen LogP contribution < -0.4 is 11.3 Å². The zero-order chi connectivity index (χ0) is 15.4. The molecule has 0 saturated carbocycles. The summed E-state index contributed by atoms with van der Waals surface area (Å²) in [5.41, 5.74) is 4.05. The van der Waals surface area contributed by atoms with Gasteiger partial charge in [-0.25, -0.2) is 10.8 Å². The number of nitrogen functional groups attached to an aromatic ring is 1. The SMILES string of the molecule is CCc1cc(C(=O)N(C)C2CCN(C)CC2)cc(NN)n1. The van der Waals surface area contributed by atoms with Crippen LogP contribution in [-0.4, -0.2) is 53.9 Å². The highest BCUT2D eigenvalue weighted by atomic mass is 16.2. The van der Waals surface area contributed by atoms with Gasteiger partial charge in [0.05, 0.1) is 0 Å². The minimum absolute atomic E-state index is 0.0400. The van der Waals surface area contributed by atoms with Crippen LogP contribution in [0.2, 0.25) is 0 Å². The summed E-state index contributed by atoms with van der Waals surface area (Å²) in [6.45, 7) is 4.08. The van der Waals surface area contributed by atoms with E-state index in [-0.39, 0.29) is 5.91 Å². The number of pyridine rings is 1. The molecule has 0 aromatic carbocycles. The number of carbonyl (C=O) groups is 1. The first-order chi connectivity index (χ1) is 10.0. The Balaban J connectivity index is 2.15. The van der Waals surface area contributed by atoms with Gasteiger partial charge in [-0.15, -0.1) is 0 Å². The number of likely N-dealkylation sites (tertiary alicyclic amines) is 1. The maximum atomic E-state index is 12.7. The largest absolute Gasteiger partial charge is 0.339 e. The fraction of sp³-hybridized carbons (Fsp3) is 0.600. The minimum Gasteiger partial charge on any atom is -0.339 e. The van der Waals surface area contributed by atoms with Crippen molar-refractivity contribution in [1.82, 2.24) is 14.8 Å². The van der Waals surface area contributed by atoms with Gasteiger partial charge in [0, 0.05) is 24.3 Å². The van der Waals surface area contributed by atoms with Gasteiger partial charge < -0.3 is 15.2 Å². The average molecular weight is 291 g/mol. The van der Waals surface area contributed by atoms with Crippen LogP contribution in [0.4, 0.5) is 5.82 Å². The van der Waals surface area contributed by atoms with E-state index >= 15 is 0 Å². The molecular formula is C15H25N5O. The van der Waals surface area contributed by atoms with Crippen molar-refractivity contribution in [2.24, 2.45) is 5.84 Å². The van der Waals surface area contributed by atoms with E-state index in [0.717, 1.165) is 38.0 Å². The second-order valence-corrected chi connectivity index (χ2v) is 5.68. The third kappa shape index (κ3) is 3.71. The maximum Gasteiger partial charge on any atom is 0.254 e. The molecule has 1 fully saturated rings. The zero-order valence-corrected chi connectivity index (χ0v) is 13.1. The second kappa shape index (κ2) is 6.87. The summed E-state index contributed by atoms with van der Waals surface area (Å²) in [6, 6.07) is 3.88. The highest BCUT2D eigenvalue weighted by Crippen LogP contribution is 2.18. The maximum absolute atomic E-state index is 12.7. The zero-order valence-electron chi connectivity index (χ0n) is 13.1. The van der Waals surface area contributed by atoms with Gasteiger partial charge in [-0.05, 0) is 51.5 Å². The van der Waals surface area contributed by atoms with Crippen molar-refractivity contribution >= 4 is 11.7 Å². The van der Waals surface area contributed by atoms with Crippen LogP contribution in [0.1, 0.15) is 35.8 Å². The van der Waals surface area contributed by atoms with Crippen molar-refractivity contribution in [3.63, 3.8) is 0 Å². The Morgan fingerprint density at radius 1 is 1.48 bits per heavy atom. The van der Waals surface area contributed by atoms with Gasteiger partial charge in [0.25, 0.3) is 5.91 Å². The van der Waals surface area contributed by atoms with E-state index in [4.69, 9.17) is 5.84 Å². The molecule has 1 aromatic rings. The molecule has 1 amide bonds. The lowest BCUT2D eigenvalue weighted by atomic mass is 10.0. The van der Waals surface area contributed by atoms with E-state index in [1.54, 1.807) is 6.07 Å². The third-order valence-electron chi connectivity index (χ3n) is 4.19. The number of amides is 1. The summed E-state index contributed by atoms with van der Waals surface area (Å²) in [7, 11) is 4.01. The molecule has 1 aromatic heterocycles. The van der Waals surface area contributed by atoms with Gasteiger partial charge in [-0.2, -0.15) is 0 Å². The van der Waals surface area contributed by atoms with E-state index in [1.165, 1.54) is 0 Å². The number of aryl methyl sites for hydroxylation is 1. The lowest BCUT2D eigenvalue weighted by Gasteiger charge is -2.35. The number of hydrazine groups is 1. The van der Waals surface area contributed by atoms with E-state index in [2.05, 4.69) is 22.4 Å². The number of hydrogen-bond acceptors (Lipinski definition) is 5. The molecule has 116 valence electrons. The summed E-state index contributed by atoms with van der Waals surface area (Å²) in [5, 5.41) is 0. The van der Waals surface area contributed by atoms with Crippen LogP contribution in [0.5, 0.6) is 0 Å². The third-order valence-corrected chi connectivity index (χ3v) is 4.19. The Labute approximate surface area is 126 Å². The number of aromatic nitrogens is 1. The van der Waals surface area contributed by atoms with Crippen molar-refractivity contribution < 1.29 is 4.79 Å². The molecule has 21 heavy (non-hydrogen) atoms. The van der Waals surface area contributed by atoms with E-state index in [9.17, 15) is 4.79 Å². The summed E-state index contributed by atoms with van der Waals surface area (Å²) in [5.74, 6) is 6.01. The molecular weight excluding hydrogens is 266 g/mol. The molecule has 6 nitrogen and oxygen atoms in total. The van der Waals surface area contributed by atoms with Crippen LogP contribution >= 0.6 is 0 Å². The molecule has 2 heterocycles. The summed E-state index contributed by atoms with van der Waals surface area (Å²) in [6.07, 6.45) is 2.81. The molecule has 0 atom stereocenters. The van der Waals surface area contributed by atoms with Crippen molar-refractivity contribution in [2.75, 3.05) is 32.6 Å². The normalized spacial score (nSPS) is 16.8. The molecule has 1 saturated heterocycles. The quantitative estimate of drug-likeness (QED) is 0.642. The fourth-order valence-corrected chi connectivity index (χ4v) is 2.72. The Kier molecular flexibility index (Phi) is 5.14. The van der Waals surface area contributed by atoms with Gasteiger partial charge >= 0.3 is 0 Å². The molecule has 2 rings (SSSR count). The lowest BCUT2D eigenvalue weighted by Crippen LogP contribution is -2.44. The van der Waals surface area contributed by atoms with Crippen molar-refractivity contribution in [2.45, 2.75) is 32.2 Å². The van der Waals surface area contributed by atoms with Gasteiger partial charge in [0.2, 0.25) is 0 Å². The van der Waals surface area contributed by atoms with Gasteiger partial charge in [-0.3, -0.25) is 4.79 Å². The molecule has 0 radical (unpaired) electrons. The number of nitrogens with two attached hydrogens (primary N) is 1. The first kappa shape index (κ1) is 15.7. The molecule has 3 N–H and O–H groups in total. The topological polar surface area (TPSA) is 74.5 Å². The molecule has 0 aliphatic carbocycles. The van der Waals surface area contributed by atoms with Crippen LogP contribution in [0.25, 0.3) is 0 Å². The number of nitrogens with one attached hydrogen (secondary N) is 1. The fourth-order valence-electron chi connectivity index (χ4n) is 2.72. The Morgan fingerprint density at radius 2 is 2.14 bits per heavy atom. The minimum atomic E-state index is 0.0400. The predicted molar refractivity (Wildman–Crippen MR) is 84.0 cm³/mol. The smallest absolute Gasteiger partial charge is 0.254 e. The van der Waals surface area contributed by atoms with E-state index < -0.39 is 0 Å². The molecule has 0 spiro atoms. The predicted octanol–water partition coefficient (Wildman–Crippen LogP) is 1.10. The molecule has 0 unspecified atom stereocenters. The van der Waals surface area contributed by atoms with Crippen LogP contribution in [0.15, 0.2) is 12.1 Å². The summed E-state index contributed by atoms with van der Waals surface area (Å²) < 4.78 is 0. The highest BCUT2D eigenvalue weighted by molar-refractivity contribution is 5.95. The van der Waals surface area contributed by atoms with Crippen LogP contribution in [0.3, 0.4) is 0 Å². The molecule has 1 aliphatic heterocycles. The number of anilines is 1. The second-order valence-electron chi connectivity index (χ2n) is 5.68. The molecule has 0 bridgehead atoms. The Bertz CT molecular complexity index is 475. The monoisotopic (exact) mass is 291 g/mol. The van der Waals surface area contributed by atoms with Gasteiger partial charge in [0.15, 0.2) is 0 Å². The molecule has 6 heteroatoms. The number of rotatable bonds is 4. The molecule has 1 aliphatic rings. The number of hydrogen-bond donors (Lipinski definition) is 2. The number of carbonyl (C=O) groups excluding carboxylic acids is 1. The highest BCUT2D eigenvalue weighted by Gasteiger charge is 2.25. The first-order valence-electron chi connectivity index (χ1n) is 7.48. The first-order valence-corrected chi connectivity index (χ1v) is 7.48. The van der Waals surface area contributed by atoms with Crippen molar-refractivity contribution in [3.8, 4) is 0 Å². The Hall–Kier alpha value is -1.66. The summed E-state index contributed by atoms with van der Waals surface area (Å²) in [4.78, 5) is 21.2. The van der Waals surface area contributed by atoms with Crippen LogP contribution in [0, 0.1) is 0 Å². The van der Waals surface area contributed by atoms with Crippen molar-refractivity contribution in [3.05, 3.63) is 23.4 Å². The van der Waals surface area contributed by atoms with Gasteiger partial charge in [-0.1, -0.05) is 6.92 Å². The summed E-state index contributed by atoms with van der Waals surface area (Å²) >= 11 is 0. The average Bonchev–Trinajstić information content (AvgIpc) is 2.53. The van der Waals surface area contributed by atoms with Crippen molar-refractivity contribution in [1.29, 1.82) is 0 Å². The number of nitrogens with zero attached hydrogens (tertiary/aromatic N) is 3. The standard InChI is InChI=1S/C15H25N5O/c1-4-12-9-11(10-14(17-12)18-16)15(21)20(3)13-5-7-19(2)8-6-13/h9-10,13H,4-8,16H2,1-3H3,(H,17,18). The van der Waals surface area contributed by atoms with E-state index in [0.29, 0.717) is 17.4 Å².